The van der Waals surface area contributed by atoms with Crippen molar-refractivity contribution in [2.24, 2.45) is 181 Å². The number of nitrogens with zero attached hydrogens (tertiary/aromatic N) is 6. The molecule has 16 saturated carbocycles. The van der Waals surface area contributed by atoms with Crippen LogP contribution in [0.4, 0.5) is 13.2 Å². The van der Waals surface area contributed by atoms with Crippen LogP contribution in [-0.2, 0) is 34.0 Å². The van der Waals surface area contributed by atoms with Crippen LogP contribution in [0.25, 0.3) is 0 Å². The van der Waals surface area contributed by atoms with E-state index in [1.807, 2.05) is 56.3 Å². The highest BCUT2D eigenvalue weighted by Gasteiger charge is 2.65. The maximum atomic E-state index is 13.3. The Morgan fingerprint density at radius 1 is 0.414 bits per heavy atom. The van der Waals surface area contributed by atoms with Crippen molar-refractivity contribution in [2.75, 3.05) is 44.4 Å². The number of hydrogen-bond acceptors (Lipinski definition) is 13. The SMILES string of the molecule is C=C(Cn1ccnc1)[C@H]1CC[C@H]2[C@@H]3CC=C4C[C@@](O)(C#CC5CC5)CC[C@@H]4[C@H]3CC[C@]12C.C=C(Cn1ccnc1)[C@H]1CC[C@H]2[C@@H]3CC=C4C[C@@](O)(CF)CC[C@@H]4[C@H]3CC[C@]12C.C=C(Cn1ccnc1)[C@H]1CC[C@H]2[C@@H]3CC=C4C[C@@](O)(COC)CC[C@@H]4[C@H]3CC[C@]12C.CSCC(=O)[C@H]1CC[C@H]2[C@@H]3CC=C4C[C@@](O)(C#CCl)CC[C@@H]4[C@H]3CC[C@]12C.CSCC(=O)[C@H]1CC[C@H]2[C@@H]3CC=C4C[C@@](O)(C(F)F)CC[C@@H]4[C@H]3CC[C@]12C. The number of thioether (sulfide) groups is 2. The number of methoxy groups -OCH3 is 1. The number of imidazole rings is 3. The van der Waals surface area contributed by atoms with Gasteiger partial charge in [-0.3, -0.25) is 9.59 Å². The van der Waals surface area contributed by atoms with E-state index in [0.717, 1.165) is 199 Å². The van der Waals surface area contributed by atoms with Gasteiger partial charge in [0.15, 0.2) is 0 Å². The molecule has 14 nitrogen and oxygen atoms in total. The third kappa shape index (κ3) is 20.6. The molecule has 0 amide bonds. The molecular weight excluding hydrogens is 1870 g/mol. The summed E-state index contributed by atoms with van der Waals surface area (Å²) in [6.07, 6.45) is 75.1. The van der Waals surface area contributed by atoms with Gasteiger partial charge < -0.3 is 44.0 Å². The van der Waals surface area contributed by atoms with Gasteiger partial charge >= 0.3 is 0 Å². The molecule has 0 saturated heterocycles. The Morgan fingerprint density at radius 3 is 1.04 bits per heavy atom. The second-order valence-corrected chi connectivity index (χ2v) is 54.9. The van der Waals surface area contributed by atoms with Gasteiger partial charge in [-0.25, -0.2) is 28.1 Å². The fourth-order valence-corrected chi connectivity index (χ4v) is 40.0. The lowest BCUT2D eigenvalue weighted by Gasteiger charge is -2.54. The van der Waals surface area contributed by atoms with Gasteiger partial charge in [0.05, 0.1) is 48.3 Å². The van der Waals surface area contributed by atoms with E-state index in [1.54, 1.807) is 30.6 Å². The number of allylic oxidation sites excluding steroid dienone is 8. The van der Waals surface area contributed by atoms with Crippen molar-refractivity contribution in [3.05, 3.63) is 151 Å². The summed E-state index contributed by atoms with van der Waals surface area (Å²) in [7, 11) is 1.70. The number of carbonyl (C=O) groups is 2. The van der Waals surface area contributed by atoms with Crippen molar-refractivity contribution >= 4 is 46.7 Å². The summed E-state index contributed by atoms with van der Waals surface area (Å²) in [6.45, 7) is 28.6. The van der Waals surface area contributed by atoms with Gasteiger partial charge in [-0.15, -0.1) is 0 Å². The molecule has 5 N–H and O–H groups in total. The van der Waals surface area contributed by atoms with Crippen LogP contribution in [0, 0.1) is 204 Å². The summed E-state index contributed by atoms with van der Waals surface area (Å²) in [5, 5.41) is 55.9. The number of aromatic nitrogens is 6. The molecule has 145 heavy (non-hydrogen) atoms. The standard InChI is InChI=1S/C29H38N2O.C26H38N2O2.C25H35FN2O.C23H31ClO2S.C22H32F2O2S/c1-20(18-31-16-15-30-19-31)26-7-8-27-25-6-5-22-17-29(32,13-9-21-3-4-21)14-11-23(22)24(25)10-12-28(26,27)2;1-18(15-28-13-12-27-17-28)23-6-7-24-22-5-4-19-14-26(29,16-30-3)11-9-20(19)21(22)8-10-25(23,24)2;1-17(14-28-12-11-27-16-28)22-5-6-23-21-4-3-18-13-25(29,15-26)10-8-19(18)20(21)7-9-24(22,23)2;1-22-9-7-17-16-8-10-23(26,11-12-24)13-15(16)3-4-18(17)19(22)5-6-20(22)21(25)14-27-2;1-21-9-7-15-14-8-10-22(26,20(23)24)11-13(14)3-4-16(15)17(21)5-6-18(21)19(25)12-27-2/h5,15-16,19,21,23-27,32H,1,3-4,6-8,10-12,14,17-18H2,2H3;4,12-13,17,20-24,29H,1,5-11,14-16H2,2-3H3;3,11-12,16,19-23,29H,1,4-10,13-15H2,2H3;3,16-20,26H,4-10,13-14H2,1-2H3;3,14-18,20,26H,4-12H2,1-2H3/t23-,24+,25+,26+,27-,28+,29+;20-,21+,22+,23+,24-,25+,26+;19-,20+,21+,22+,23-,24+,25+;16-,17+,18+,19-,20+,22-,23-;14-,15+,16+,17-,18+,21-,22+/m00000/s1. The molecule has 0 bridgehead atoms. The molecule has 35 atom stereocenters. The molecule has 0 aromatic carbocycles. The fourth-order valence-electron chi connectivity index (χ4n) is 38.8. The lowest BCUT2D eigenvalue weighted by molar-refractivity contribution is -0.128. The maximum absolute atomic E-state index is 13.3. The summed E-state index contributed by atoms with van der Waals surface area (Å²) in [6, 6.07) is 0. The molecule has 3 aromatic rings. The van der Waals surface area contributed by atoms with Crippen molar-refractivity contribution < 1.29 is 53.0 Å². The zero-order valence-electron chi connectivity index (χ0n) is 88.9. The van der Waals surface area contributed by atoms with E-state index in [2.05, 4.69) is 149 Å². The van der Waals surface area contributed by atoms with Gasteiger partial charge in [-0.05, 0) is 438 Å². The van der Waals surface area contributed by atoms with Crippen LogP contribution in [0.3, 0.4) is 0 Å². The number of hydrogen-bond donors (Lipinski definition) is 5. The van der Waals surface area contributed by atoms with Gasteiger partial charge in [-0.1, -0.05) is 147 Å². The van der Waals surface area contributed by atoms with Crippen LogP contribution in [0.1, 0.15) is 304 Å². The zero-order valence-corrected chi connectivity index (χ0v) is 91.3. The lowest BCUT2D eigenvalue weighted by atomic mass is 9.51. The Balaban J connectivity index is 0.000000111. The minimum atomic E-state index is -2.66. The summed E-state index contributed by atoms with van der Waals surface area (Å²) < 4.78 is 51.7. The van der Waals surface area contributed by atoms with Crippen molar-refractivity contribution in [2.45, 2.75) is 358 Å². The monoisotopic (exact) mass is 2040 g/mol. The minimum Gasteiger partial charge on any atom is -0.387 e. The number of ether oxygens (including phenoxy) is 1. The summed E-state index contributed by atoms with van der Waals surface area (Å²) in [5.41, 5.74) is 7.33. The molecule has 0 radical (unpaired) electrons. The molecule has 20 heteroatoms. The Hall–Kier alpha value is -5.45. The van der Waals surface area contributed by atoms with Crippen LogP contribution >= 0.6 is 35.1 Å². The quantitative estimate of drug-likeness (QED) is 0.0562. The Labute approximate surface area is 880 Å². The number of halogens is 4. The fraction of sp³-hybridized carbons (Fsp3) is 0.752. The average molecular weight is 2050 g/mol. The zero-order chi connectivity index (χ0) is 102. The first kappa shape index (κ1) is 107. The van der Waals surface area contributed by atoms with Gasteiger partial charge in [-0.2, -0.15) is 23.5 Å². The van der Waals surface area contributed by atoms with E-state index in [4.69, 9.17) is 16.3 Å². The second-order valence-electron chi connectivity index (χ2n) is 53.0. The second kappa shape index (κ2) is 42.8. The van der Waals surface area contributed by atoms with Gasteiger partial charge in [0.2, 0.25) is 0 Å². The molecule has 16 fully saturated rings. The van der Waals surface area contributed by atoms with Crippen molar-refractivity contribution in [3.8, 4) is 23.1 Å². The smallest absolute Gasteiger partial charge is 0.267 e. The first-order chi connectivity index (χ1) is 69.5. The van der Waals surface area contributed by atoms with E-state index < -0.39 is 41.1 Å². The number of alkyl halides is 3. The van der Waals surface area contributed by atoms with Crippen molar-refractivity contribution in [3.63, 3.8) is 0 Å². The Kier molecular flexibility index (Phi) is 31.4. The number of carbonyl (C=O) groups excluding carboxylic acids is 2. The molecule has 21 aliphatic rings. The van der Waals surface area contributed by atoms with Crippen LogP contribution < -0.4 is 0 Å². The minimum absolute atomic E-state index is 0.123. The number of aliphatic hydroxyl groups is 5. The summed E-state index contributed by atoms with van der Waals surface area (Å²) in [5.74, 6) is 28.5. The van der Waals surface area contributed by atoms with Crippen molar-refractivity contribution in [1.82, 2.24) is 28.7 Å². The first-order valence-corrected chi connectivity index (χ1v) is 60.7. The third-order valence-corrected chi connectivity index (χ3v) is 47.1. The topological polar surface area (TPSA) is 198 Å². The highest BCUT2D eigenvalue weighted by Crippen LogP contribution is 2.72. The normalized spacial score (nSPS) is 44.2. The first-order valence-electron chi connectivity index (χ1n) is 57.5. The van der Waals surface area contributed by atoms with Crippen LogP contribution in [0.5, 0.6) is 0 Å². The largest absolute Gasteiger partial charge is 0.387 e. The van der Waals surface area contributed by atoms with Crippen LogP contribution in [0.2, 0.25) is 0 Å². The highest BCUT2D eigenvalue weighted by atomic mass is 35.5. The number of fused-ring (bicyclic) bond motifs is 25. The van der Waals surface area contributed by atoms with Gasteiger partial charge in [0.1, 0.15) is 35.0 Å². The molecule has 0 spiro atoms. The van der Waals surface area contributed by atoms with E-state index in [0.29, 0.717) is 149 Å². The molecule has 3 heterocycles. The predicted molar refractivity (Wildman–Crippen MR) is 576 cm³/mol. The Bertz CT molecular complexity index is 5470. The van der Waals surface area contributed by atoms with Crippen LogP contribution in [-0.4, -0.2) is 145 Å². The van der Waals surface area contributed by atoms with E-state index in [-0.39, 0.29) is 35.5 Å². The van der Waals surface area contributed by atoms with Gasteiger partial charge in [0.25, 0.3) is 6.43 Å². The lowest BCUT2D eigenvalue weighted by Crippen LogP contribution is -2.50. The molecule has 3 aromatic heterocycles. The predicted octanol–water partition coefficient (Wildman–Crippen LogP) is 26.2. The third-order valence-electron chi connectivity index (χ3n) is 45.8. The summed E-state index contributed by atoms with van der Waals surface area (Å²) >= 11 is 8.88. The van der Waals surface area contributed by atoms with Crippen molar-refractivity contribution in [1.29, 1.82) is 0 Å². The molecular formula is C125H174ClF3N6O8S2. The average Bonchev–Trinajstić information content (AvgIpc) is 1.61. The van der Waals surface area contributed by atoms with E-state index in [9.17, 15) is 48.3 Å². The molecule has 0 unspecified atom stereocenters. The molecule has 21 aliphatic carbocycles. The van der Waals surface area contributed by atoms with E-state index in [1.165, 1.54) is 161 Å². The summed E-state index contributed by atoms with van der Waals surface area (Å²) in [4.78, 5) is 38.0. The molecule has 792 valence electrons. The van der Waals surface area contributed by atoms with E-state index >= 15 is 0 Å². The number of ketones is 2. The maximum Gasteiger partial charge on any atom is 0.267 e. The van der Waals surface area contributed by atoms with Gasteiger partial charge in [0, 0.05) is 106 Å². The number of Topliss-reactive ketones (excluding diaryl/α,β-unsaturated/α-hetero) is 2. The molecule has 0 aliphatic heterocycles. The Morgan fingerprint density at radius 2 is 0.724 bits per heavy atom. The molecule has 24 rings (SSSR count). The van der Waals surface area contributed by atoms with Crippen LogP contribution in [0.15, 0.2) is 151 Å². The highest BCUT2D eigenvalue weighted by molar-refractivity contribution is 7.99. The number of rotatable bonds is 19.